The Labute approximate surface area is 164 Å². The maximum atomic E-state index is 13.3. The average Bonchev–Trinajstić information content (AvgIpc) is 3.10. The molecular formula is C21H17F3N4O. The first-order valence-corrected chi connectivity index (χ1v) is 9.37. The van der Waals surface area contributed by atoms with Crippen molar-refractivity contribution >= 4 is 22.5 Å². The average molecular weight is 398 g/mol. The number of benzene rings is 2. The Bertz CT molecular complexity index is 1170. The number of alkyl halides is 3. The zero-order valence-electron chi connectivity index (χ0n) is 15.5. The van der Waals surface area contributed by atoms with E-state index in [1.165, 1.54) is 4.68 Å². The number of Topliss-reactive ketones (excluding diaryl/α,β-unsaturated/α-hetero) is 1. The number of anilines is 1. The number of halogens is 3. The predicted molar refractivity (Wildman–Crippen MR) is 101 cm³/mol. The van der Waals surface area contributed by atoms with E-state index in [9.17, 15) is 18.0 Å². The minimum absolute atomic E-state index is 0.0101. The fraction of sp³-hybridized carbons (Fsp3) is 0.286. The molecule has 1 aliphatic heterocycles. The number of allylic oxidation sites excluding steroid dienone is 2. The van der Waals surface area contributed by atoms with E-state index >= 15 is 0 Å². The maximum absolute atomic E-state index is 13.3. The van der Waals surface area contributed by atoms with Crippen LogP contribution in [0.2, 0.25) is 0 Å². The van der Waals surface area contributed by atoms with Gasteiger partial charge in [0.1, 0.15) is 6.04 Å². The fourth-order valence-electron chi connectivity index (χ4n) is 4.30. The summed E-state index contributed by atoms with van der Waals surface area (Å²) in [7, 11) is 0. The summed E-state index contributed by atoms with van der Waals surface area (Å²) in [6.45, 7) is 1.96. The standard InChI is InChI=1S/C21H17F3N4O/c1-11-9-15-17(16(29)10-11)18(14-8-4-6-12-5-2-3-7-13(12)14)28-20(25-15)26-19(27-28)21(22,23)24/h2-8,11,18H,9-10H2,1H3,(H,25,26,27)/t11-,18-/m1/s1. The third-order valence-electron chi connectivity index (χ3n) is 5.50. The van der Waals surface area contributed by atoms with Crippen LogP contribution in [-0.2, 0) is 11.0 Å². The van der Waals surface area contributed by atoms with Gasteiger partial charge in [-0.05, 0) is 28.7 Å². The lowest BCUT2D eigenvalue weighted by atomic mass is 9.80. The highest BCUT2D eigenvalue weighted by Crippen LogP contribution is 2.43. The largest absolute Gasteiger partial charge is 0.453 e. The molecule has 0 saturated heterocycles. The molecule has 2 aliphatic rings. The first-order chi connectivity index (χ1) is 13.8. The number of carbonyl (C=O) groups is 1. The minimum atomic E-state index is -4.67. The van der Waals surface area contributed by atoms with Gasteiger partial charge in [-0.15, -0.1) is 5.10 Å². The summed E-state index contributed by atoms with van der Waals surface area (Å²) in [5, 5.41) is 8.53. The molecule has 2 aromatic carbocycles. The van der Waals surface area contributed by atoms with Crippen molar-refractivity contribution in [2.45, 2.75) is 32.0 Å². The normalized spacial score (nSPS) is 21.7. The highest BCUT2D eigenvalue weighted by Gasteiger charge is 2.43. The summed E-state index contributed by atoms with van der Waals surface area (Å²) in [6, 6.07) is 12.5. The number of carbonyl (C=O) groups excluding carboxylic acids is 1. The number of aromatic nitrogens is 3. The molecule has 8 heteroatoms. The van der Waals surface area contributed by atoms with Crippen molar-refractivity contribution in [1.82, 2.24) is 14.8 Å². The van der Waals surface area contributed by atoms with E-state index in [0.29, 0.717) is 24.1 Å². The number of hydrogen-bond acceptors (Lipinski definition) is 4. The summed E-state index contributed by atoms with van der Waals surface area (Å²) in [4.78, 5) is 16.7. The van der Waals surface area contributed by atoms with Crippen LogP contribution in [-0.4, -0.2) is 20.5 Å². The lowest BCUT2D eigenvalue weighted by molar-refractivity contribution is -0.145. The number of hydrogen-bond donors (Lipinski definition) is 1. The Balaban J connectivity index is 1.79. The van der Waals surface area contributed by atoms with Crippen molar-refractivity contribution in [3.63, 3.8) is 0 Å². The molecule has 5 nitrogen and oxygen atoms in total. The van der Waals surface area contributed by atoms with Gasteiger partial charge in [-0.1, -0.05) is 49.4 Å². The number of nitrogens with one attached hydrogen (secondary N) is 1. The lowest BCUT2D eigenvalue weighted by Gasteiger charge is -2.34. The van der Waals surface area contributed by atoms with Gasteiger partial charge in [0.2, 0.25) is 5.95 Å². The SMILES string of the molecule is C[C@H]1CC(=O)C2=C(C1)Nc1nc(C(F)(F)F)nn1[C@@H]2c1cccc2ccccc12. The van der Waals surface area contributed by atoms with E-state index < -0.39 is 18.0 Å². The molecule has 148 valence electrons. The van der Waals surface area contributed by atoms with Crippen molar-refractivity contribution in [3.05, 3.63) is 65.1 Å². The third-order valence-corrected chi connectivity index (χ3v) is 5.50. The zero-order valence-corrected chi connectivity index (χ0v) is 15.5. The number of rotatable bonds is 1. The van der Waals surface area contributed by atoms with Gasteiger partial charge in [0.25, 0.3) is 5.82 Å². The Morgan fingerprint density at radius 3 is 2.66 bits per heavy atom. The van der Waals surface area contributed by atoms with Gasteiger partial charge in [-0.2, -0.15) is 18.2 Å². The zero-order chi connectivity index (χ0) is 20.3. The lowest BCUT2D eigenvalue weighted by Crippen LogP contribution is -2.33. The quantitative estimate of drug-likeness (QED) is 0.645. The van der Waals surface area contributed by atoms with Crippen molar-refractivity contribution < 1.29 is 18.0 Å². The molecule has 29 heavy (non-hydrogen) atoms. The second-order valence-corrected chi connectivity index (χ2v) is 7.63. The van der Waals surface area contributed by atoms with Crippen molar-refractivity contribution in [3.8, 4) is 0 Å². The van der Waals surface area contributed by atoms with Gasteiger partial charge < -0.3 is 5.32 Å². The van der Waals surface area contributed by atoms with Crippen LogP contribution in [0.3, 0.4) is 0 Å². The summed E-state index contributed by atoms with van der Waals surface area (Å²) in [6.07, 6.45) is -3.73. The van der Waals surface area contributed by atoms with Gasteiger partial charge in [-0.3, -0.25) is 4.79 Å². The van der Waals surface area contributed by atoms with Crippen molar-refractivity contribution in [2.75, 3.05) is 5.32 Å². The Kier molecular flexibility index (Phi) is 3.81. The molecule has 0 saturated carbocycles. The van der Waals surface area contributed by atoms with E-state index in [1.54, 1.807) is 0 Å². The first-order valence-electron chi connectivity index (χ1n) is 9.37. The molecule has 0 spiro atoms. The molecule has 0 bridgehead atoms. The van der Waals surface area contributed by atoms with Crippen molar-refractivity contribution in [1.29, 1.82) is 0 Å². The van der Waals surface area contributed by atoms with Crippen LogP contribution in [0.4, 0.5) is 19.1 Å². The monoisotopic (exact) mass is 398 g/mol. The smallest absolute Gasteiger partial charge is 0.328 e. The summed E-state index contributed by atoms with van der Waals surface area (Å²) in [5.74, 6) is -1.17. The van der Waals surface area contributed by atoms with E-state index in [2.05, 4.69) is 15.4 Å². The summed E-state index contributed by atoms with van der Waals surface area (Å²) < 4.78 is 41.2. The van der Waals surface area contributed by atoms with Gasteiger partial charge in [0.15, 0.2) is 5.78 Å². The number of nitrogens with zero attached hydrogens (tertiary/aromatic N) is 3. The van der Waals surface area contributed by atoms with E-state index in [0.717, 1.165) is 16.3 Å². The van der Waals surface area contributed by atoms with E-state index in [4.69, 9.17) is 0 Å². The minimum Gasteiger partial charge on any atom is -0.328 e. The van der Waals surface area contributed by atoms with Crippen LogP contribution in [0, 0.1) is 5.92 Å². The maximum Gasteiger partial charge on any atom is 0.453 e. The van der Waals surface area contributed by atoms with Crippen LogP contribution in [0.1, 0.15) is 37.2 Å². The molecule has 2 heterocycles. The molecule has 2 atom stereocenters. The summed E-state index contributed by atoms with van der Waals surface area (Å²) in [5.41, 5.74) is 1.85. The van der Waals surface area contributed by atoms with Crippen LogP contribution in [0.15, 0.2) is 53.7 Å². The molecular weight excluding hydrogens is 381 g/mol. The van der Waals surface area contributed by atoms with Crippen LogP contribution >= 0.6 is 0 Å². The molecule has 0 radical (unpaired) electrons. The second kappa shape index (κ2) is 6.17. The van der Waals surface area contributed by atoms with Gasteiger partial charge in [0, 0.05) is 17.7 Å². The molecule has 0 unspecified atom stereocenters. The van der Waals surface area contributed by atoms with Crippen LogP contribution < -0.4 is 5.32 Å². The molecule has 0 fully saturated rings. The Morgan fingerprint density at radius 2 is 1.86 bits per heavy atom. The number of fused-ring (bicyclic) bond motifs is 2. The van der Waals surface area contributed by atoms with Crippen LogP contribution in [0.5, 0.6) is 0 Å². The molecule has 1 aliphatic carbocycles. The van der Waals surface area contributed by atoms with Gasteiger partial charge in [-0.25, -0.2) is 4.68 Å². The highest BCUT2D eigenvalue weighted by molar-refractivity contribution is 6.00. The molecule has 1 N–H and O–H groups in total. The van der Waals surface area contributed by atoms with Crippen LogP contribution in [0.25, 0.3) is 10.8 Å². The van der Waals surface area contributed by atoms with E-state index in [1.807, 2.05) is 49.4 Å². The molecule has 0 amide bonds. The summed E-state index contributed by atoms with van der Waals surface area (Å²) >= 11 is 0. The topological polar surface area (TPSA) is 59.8 Å². The van der Waals surface area contributed by atoms with Gasteiger partial charge in [0.05, 0.1) is 0 Å². The molecule has 1 aromatic heterocycles. The predicted octanol–water partition coefficient (Wildman–Crippen LogP) is 4.72. The molecule has 5 rings (SSSR count). The van der Waals surface area contributed by atoms with Crippen molar-refractivity contribution in [2.24, 2.45) is 5.92 Å². The molecule has 3 aromatic rings. The van der Waals surface area contributed by atoms with Gasteiger partial charge >= 0.3 is 6.18 Å². The first kappa shape index (κ1) is 17.9. The third kappa shape index (κ3) is 2.82. The fourth-order valence-corrected chi connectivity index (χ4v) is 4.30. The number of ketones is 1. The van der Waals surface area contributed by atoms with E-state index in [-0.39, 0.29) is 17.6 Å². The highest BCUT2D eigenvalue weighted by atomic mass is 19.4. The Morgan fingerprint density at radius 1 is 1.10 bits per heavy atom. The second-order valence-electron chi connectivity index (χ2n) is 7.63. The Hall–Kier alpha value is -3.16.